The minimum atomic E-state index is 0.308. The lowest BCUT2D eigenvalue weighted by atomic mass is 10.2. The summed E-state index contributed by atoms with van der Waals surface area (Å²) < 4.78 is 0. The highest BCUT2D eigenvalue weighted by molar-refractivity contribution is 7.99. The molecule has 0 spiro atoms. The van der Waals surface area contributed by atoms with Gasteiger partial charge in [0.05, 0.1) is 0 Å². The van der Waals surface area contributed by atoms with Crippen molar-refractivity contribution >= 4 is 29.2 Å². The second kappa shape index (κ2) is 5.73. The van der Waals surface area contributed by atoms with Crippen LogP contribution in [0.15, 0.2) is 12.3 Å². The fourth-order valence-corrected chi connectivity index (χ4v) is 3.37. The first-order valence-electron chi connectivity index (χ1n) is 5.64. The molecule has 1 aromatic heterocycles. The number of rotatable bonds is 4. The third kappa shape index (κ3) is 3.25. The quantitative estimate of drug-likeness (QED) is 0.841. The normalized spacial score (nSPS) is 24.6. The minimum Gasteiger partial charge on any atom is -0.367 e. The summed E-state index contributed by atoms with van der Waals surface area (Å²) in [7, 11) is 0. The monoisotopic (exact) mass is 257 g/mol. The Morgan fingerprint density at radius 3 is 3.19 bits per heavy atom. The summed E-state index contributed by atoms with van der Waals surface area (Å²) in [5.74, 6) is 2.05. The Labute approximate surface area is 105 Å². The standard InChI is InChI=1S/C11H16ClN3S/c1-2-16-9-4-3-8(7-9)14-10-5-6-13-11(12)15-10/h5-6,8-9H,2-4,7H2,1H3,(H,13,14,15). The van der Waals surface area contributed by atoms with E-state index in [1.165, 1.54) is 25.0 Å². The average molecular weight is 258 g/mol. The van der Waals surface area contributed by atoms with Gasteiger partial charge in [-0.25, -0.2) is 9.97 Å². The first-order chi connectivity index (χ1) is 7.78. The minimum absolute atomic E-state index is 0.308. The molecule has 1 aliphatic carbocycles. The molecule has 88 valence electrons. The zero-order chi connectivity index (χ0) is 11.4. The van der Waals surface area contributed by atoms with Crippen molar-refractivity contribution in [2.75, 3.05) is 11.1 Å². The van der Waals surface area contributed by atoms with Gasteiger partial charge in [0.1, 0.15) is 5.82 Å². The molecule has 1 fully saturated rings. The van der Waals surface area contributed by atoms with Gasteiger partial charge in [0.2, 0.25) is 5.28 Å². The number of aromatic nitrogens is 2. The number of nitrogens with one attached hydrogen (secondary N) is 1. The molecule has 0 saturated heterocycles. The molecule has 0 aliphatic heterocycles. The van der Waals surface area contributed by atoms with Gasteiger partial charge in [-0.3, -0.25) is 0 Å². The number of halogens is 1. The number of hydrogen-bond donors (Lipinski definition) is 1. The summed E-state index contributed by atoms with van der Waals surface area (Å²) in [5.41, 5.74) is 0. The SMILES string of the molecule is CCSC1CCC(Nc2ccnc(Cl)n2)C1. The van der Waals surface area contributed by atoms with E-state index < -0.39 is 0 Å². The first-order valence-corrected chi connectivity index (χ1v) is 7.07. The van der Waals surface area contributed by atoms with Crippen LogP contribution >= 0.6 is 23.4 Å². The fourth-order valence-electron chi connectivity index (χ4n) is 2.08. The highest BCUT2D eigenvalue weighted by Crippen LogP contribution is 2.31. The van der Waals surface area contributed by atoms with Gasteiger partial charge in [-0.05, 0) is 42.7 Å². The van der Waals surface area contributed by atoms with Gasteiger partial charge in [0.15, 0.2) is 0 Å². The van der Waals surface area contributed by atoms with Crippen molar-refractivity contribution in [2.45, 2.75) is 37.5 Å². The lowest BCUT2D eigenvalue weighted by molar-refractivity contribution is 0.751. The van der Waals surface area contributed by atoms with Crippen LogP contribution < -0.4 is 5.32 Å². The molecule has 0 aromatic carbocycles. The van der Waals surface area contributed by atoms with E-state index in [1.807, 2.05) is 6.07 Å². The zero-order valence-electron chi connectivity index (χ0n) is 9.32. The summed E-state index contributed by atoms with van der Waals surface area (Å²) >= 11 is 7.80. The summed E-state index contributed by atoms with van der Waals surface area (Å²) in [5, 5.41) is 4.53. The maximum Gasteiger partial charge on any atom is 0.224 e. The maximum absolute atomic E-state index is 5.74. The Morgan fingerprint density at radius 2 is 2.44 bits per heavy atom. The van der Waals surface area contributed by atoms with Crippen LogP contribution in [0.5, 0.6) is 0 Å². The molecule has 0 bridgehead atoms. The van der Waals surface area contributed by atoms with Crippen molar-refractivity contribution < 1.29 is 0 Å². The van der Waals surface area contributed by atoms with E-state index in [2.05, 4.69) is 34.0 Å². The van der Waals surface area contributed by atoms with Crippen LogP contribution in [0.3, 0.4) is 0 Å². The van der Waals surface area contributed by atoms with Crippen molar-refractivity contribution in [2.24, 2.45) is 0 Å². The fraction of sp³-hybridized carbons (Fsp3) is 0.636. The Bertz CT molecular complexity index is 348. The van der Waals surface area contributed by atoms with Crippen molar-refractivity contribution in [1.82, 2.24) is 9.97 Å². The van der Waals surface area contributed by atoms with E-state index in [4.69, 9.17) is 11.6 Å². The van der Waals surface area contributed by atoms with Crippen LogP contribution in [-0.4, -0.2) is 27.0 Å². The van der Waals surface area contributed by atoms with E-state index in [9.17, 15) is 0 Å². The second-order valence-electron chi connectivity index (χ2n) is 3.94. The zero-order valence-corrected chi connectivity index (χ0v) is 10.9. The summed E-state index contributed by atoms with van der Waals surface area (Å²) in [6, 6.07) is 2.40. The number of anilines is 1. The highest BCUT2D eigenvalue weighted by atomic mass is 35.5. The Hall–Kier alpha value is -0.480. The van der Waals surface area contributed by atoms with Crippen LogP contribution in [0.4, 0.5) is 5.82 Å². The lowest BCUT2D eigenvalue weighted by Gasteiger charge is -2.13. The van der Waals surface area contributed by atoms with Gasteiger partial charge >= 0.3 is 0 Å². The molecule has 1 aromatic rings. The predicted octanol–water partition coefficient (Wildman–Crippen LogP) is 3.22. The first kappa shape index (κ1) is 12.0. The molecule has 0 radical (unpaired) electrons. The van der Waals surface area contributed by atoms with E-state index in [0.717, 1.165) is 11.1 Å². The van der Waals surface area contributed by atoms with E-state index in [0.29, 0.717) is 11.3 Å². The molecular formula is C11H16ClN3S. The van der Waals surface area contributed by atoms with Gasteiger partial charge in [0, 0.05) is 17.5 Å². The van der Waals surface area contributed by atoms with E-state index in [-0.39, 0.29) is 0 Å². The molecule has 3 nitrogen and oxygen atoms in total. The van der Waals surface area contributed by atoms with Crippen molar-refractivity contribution in [3.8, 4) is 0 Å². The van der Waals surface area contributed by atoms with Crippen LogP contribution in [0.1, 0.15) is 26.2 Å². The predicted molar refractivity (Wildman–Crippen MR) is 70.2 cm³/mol. The Morgan fingerprint density at radius 1 is 1.56 bits per heavy atom. The largest absolute Gasteiger partial charge is 0.367 e. The molecule has 2 atom stereocenters. The van der Waals surface area contributed by atoms with Gasteiger partial charge in [-0.15, -0.1) is 0 Å². The Balaban J connectivity index is 1.87. The van der Waals surface area contributed by atoms with Crippen molar-refractivity contribution in [3.05, 3.63) is 17.5 Å². The van der Waals surface area contributed by atoms with Crippen LogP contribution in [-0.2, 0) is 0 Å². The van der Waals surface area contributed by atoms with Crippen LogP contribution in [0, 0.1) is 0 Å². The molecule has 16 heavy (non-hydrogen) atoms. The van der Waals surface area contributed by atoms with Gasteiger partial charge < -0.3 is 5.32 Å². The number of nitrogens with zero attached hydrogens (tertiary/aromatic N) is 2. The molecule has 1 heterocycles. The average Bonchev–Trinajstić information content (AvgIpc) is 2.66. The Kier molecular flexibility index (Phi) is 4.29. The molecule has 2 unspecified atom stereocenters. The molecule has 5 heteroatoms. The van der Waals surface area contributed by atoms with Gasteiger partial charge in [-0.1, -0.05) is 6.92 Å². The summed E-state index contributed by atoms with van der Waals surface area (Å²) in [6.07, 6.45) is 5.43. The van der Waals surface area contributed by atoms with Gasteiger partial charge in [-0.2, -0.15) is 11.8 Å². The molecular weight excluding hydrogens is 242 g/mol. The molecule has 1 aliphatic rings. The molecule has 1 N–H and O–H groups in total. The number of thioether (sulfide) groups is 1. The second-order valence-corrected chi connectivity index (χ2v) is 5.86. The van der Waals surface area contributed by atoms with Crippen molar-refractivity contribution in [1.29, 1.82) is 0 Å². The summed E-state index contributed by atoms with van der Waals surface area (Å²) in [4.78, 5) is 8.01. The lowest BCUT2D eigenvalue weighted by Crippen LogP contribution is -2.17. The van der Waals surface area contributed by atoms with Crippen molar-refractivity contribution in [3.63, 3.8) is 0 Å². The highest BCUT2D eigenvalue weighted by Gasteiger charge is 2.24. The molecule has 0 amide bonds. The summed E-state index contributed by atoms with van der Waals surface area (Å²) in [6.45, 7) is 2.22. The van der Waals surface area contributed by atoms with Gasteiger partial charge in [0.25, 0.3) is 0 Å². The van der Waals surface area contributed by atoms with E-state index >= 15 is 0 Å². The smallest absolute Gasteiger partial charge is 0.224 e. The molecule has 2 rings (SSSR count). The number of hydrogen-bond acceptors (Lipinski definition) is 4. The van der Waals surface area contributed by atoms with Crippen LogP contribution in [0.2, 0.25) is 5.28 Å². The van der Waals surface area contributed by atoms with E-state index in [1.54, 1.807) is 6.20 Å². The third-order valence-corrected chi connectivity index (χ3v) is 4.18. The topological polar surface area (TPSA) is 37.8 Å². The maximum atomic E-state index is 5.74. The molecule has 1 saturated carbocycles. The third-order valence-electron chi connectivity index (χ3n) is 2.77. The van der Waals surface area contributed by atoms with Crippen LogP contribution in [0.25, 0.3) is 0 Å².